The van der Waals surface area contributed by atoms with Crippen LogP contribution in [-0.2, 0) is 10.0 Å². The summed E-state index contributed by atoms with van der Waals surface area (Å²) in [5, 5.41) is 9.74. The number of nitrogens with zero attached hydrogens (tertiary/aromatic N) is 2. The number of anilines is 1. The summed E-state index contributed by atoms with van der Waals surface area (Å²) in [6, 6.07) is 4.60. The number of hydrogen-bond donors (Lipinski definition) is 1. The number of hydrogen-bond acceptors (Lipinski definition) is 4. The van der Waals surface area contributed by atoms with Gasteiger partial charge in [-0.25, -0.2) is 12.8 Å². The second-order valence-corrected chi connectivity index (χ2v) is 6.99. The van der Waals surface area contributed by atoms with Gasteiger partial charge in [0.15, 0.2) is 0 Å². The van der Waals surface area contributed by atoms with E-state index in [1.807, 2.05) is 0 Å². The van der Waals surface area contributed by atoms with Crippen LogP contribution in [0.15, 0.2) is 18.2 Å². The summed E-state index contributed by atoms with van der Waals surface area (Å²) < 4.78 is 38.4. The number of aliphatic hydroxyl groups is 1. The van der Waals surface area contributed by atoms with Gasteiger partial charge < -0.3 is 10.0 Å². The minimum Gasteiger partial charge on any atom is -0.389 e. The molecule has 0 saturated carbocycles. The fourth-order valence-corrected chi connectivity index (χ4v) is 3.27. The van der Waals surface area contributed by atoms with Crippen LogP contribution in [-0.4, -0.2) is 50.3 Å². The van der Waals surface area contributed by atoms with Gasteiger partial charge in [0.1, 0.15) is 5.82 Å². The van der Waals surface area contributed by atoms with Crippen LogP contribution >= 0.6 is 0 Å². The molecule has 0 bridgehead atoms. The minimum absolute atomic E-state index is 0.326. The van der Waals surface area contributed by atoms with Gasteiger partial charge in [-0.1, -0.05) is 12.1 Å². The third-order valence-electron chi connectivity index (χ3n) is 3.49. The maximum Gasteiger partial charge on any atom is 0.211 e. The van der Waals surface area contributed by atoms with Gasteiger partial charge in [-0.3, -0.25) is 0 Å². The lowest BCUT2D eigenvalue weighted by molar-refractivity contribution is 0.199. The molecular formula is C13H19FN2O3S. The lowest BCUT2D eigenvalue weighted by atomic mass is 10.1. The standard InChI is InChI=1S/C13H19FN2O3S/c1-10(17)11-4-3-5-12(14)13(11)15-6-8-16(9-7-15)20(2,18)19/h3-5,10,17H,6-9H2,1-2H3. The van der Waals surface area contributed by atoms with Crippen LogP contribution < -0.4 is 4.90 Å². The minimum atomic E-state index is -3.20. The Morgan fingerprint density at radius 3 is 2.35 bits per heavy atom. The lowest BCUT2D eigenvalue weighted by Gasteiger charge is -2.36. The first-order valence-electron chi connectivity index (χ1n) is 6.47. The first kappa shape index (κ1) is 15.2. The van der Waals surface area contributed by atoms with E-state index in [2.05, 4.69) is 0 Å². The molecule has 2 rings (SSSR count). The molecule has 0 aromatic heterocycles. The predicted octanol–water partition coefficient (Wildman–Crippen LogP) is 0.961. The van der Waals surface area contributed by atoms with Crippen LogP contribution in [0.4, 0.5) is 10.1 Å². The summed E-state index contributed by atoms with van der Waals surface area (Å²) in [7, 11) is -3.20. The Labute approximate surface area is 118 Å². The molecule has 0 spiro atoms. The van der Waals surface area contributed by atoms with E-state index in [0.29, 0.717) is 37.4 Å². The normalized spacial score (nSPS) is 19.1. The molecule has 1 heterocycles. The number of sulfonamides is 1. The Balaban J connectivity index is 2.23. The molecule has 0 amide bonds. The van der Waals surface area contributed by atoms with E-state index in [-0.39, 0.29) is 0 Å². The topological polar surface area (TPSA) is 60.9 Å². The molecule has 0 radical (unpaired) electrons. The van der Waals surface area contributed by atoms with Crippen LogP contribution in [0.2, 0.25) is 0 Å². The first-order valence-corrected chi connectivity index (χ1v) is 8.32. The van der Waals surface area contributed by atoms with Crippen molar-refractivity contribution < 1.29 is 17.9 Å². The smallest absolute Gasteiger partial charge is 0.211 e. The van der Waals surface area contributed by atoms with Gasteiger partial charge >= 0.3 is 0 Å². The molecule has 1 aliphatic heterocycles. The van der Waals surface area contributed by atoms with Crippen molar-refractivity contribution in [3.8, 4) is 0 Å². The summed E-state index contributed by atoms with van der Waals surface area (Å²) in [6.07, 6.45) is 0.404. The van der Waals surface area contributed by atoms with Crippen molar-refractivity contribution in [3.63, 3.8) is 0 Å². The number of rotatable bonds is 3. The SMILES string of the molecule is CC(O)c1cccc(F)c1N1CCN(S(C)(=O)=O)CC1. The Morgan fingerprint density at radius 2 is 1.85 bits per heavy atom. The molecule has 1 fully saturated rings. The number of piperazine rings is 1. The number of para-hydroxylation sites is 1. The van der Waals surface area contributed by atoms with E-state index in [1.165, 1.54) is 16.6 Å². The highest BCUT2D eigenvalue weighted by molar-refractivity contribution is 7.88. The lowest BCUT2D eigenvalue weighted by Crippen LogP contribution is -2.48. The van der Waals surface area contributed by atoms with Crippen molar-refractivity contribution in [1.82, 2.24) is 4.31 Å². The van der Waals surface area contributed by atoms with Crippen LogP contribution in [0.5, 0.6) is 0 Å². The predicted molar refractivity (Wildman–Crippen MR) is 75.7 cm³/mol. The van der Waals surface area contributed by atoms with Crippen molar-refractivity contribution in [2.24, 2.45) is 0 Å². The van der Waals surface area contributed by atoms with E-state index in [9.17, 15) is 17.9 Å². The number of halogens is 1. The third-order valence-corrected chi connectivity index (χ3v) is 4.80. The highest BCUT2D eigenvalue weighted by atomic mass is 32.2. The van der Waals surface area contributed by atoms with Crippen LogP contribution in [0.25, 0.3) is 0 Å². The number of aliphatic hydroxyl groups excluding tert-OH is 1. The van der Waals surface area contributed by atoms with Crippen molar-refractivity contribution in [3.05, 3.63) is 29.6 Å². The zero-order valence-corrected chi connectivity index (χ0v) is 12.4. The van der Waals surface area contributed by atoms with Crippen LogP contribution in [0, 0.1) is 5.82 Å². The fourth-order valence-electron chi connectivity index (χ4n) is 2.45. The van der Waals surface area contributed by atoms with E-state index in [4.69, 9.17) is 0 Å². The molecule has 1 N–H and O–H groups in total. The van der Waals surface area contributed by atoms with E-state index >= 15 is 0 Å². The average Bonchev–Trinajstić information content (AvgIpc) is 2.37. The molecule has 5 nitrogen and oxygen atoms in total. The maximum atomic E-state index is 14.0. The summed E-state index contributed by atoms with van der Waals surface area (Å²) in [5.41, 5.74) is 0.897. The molecule has 112 valence electrons. The Kier molecular flexibility index (Phi) is 4.31. The maximum absolute atomic E-state index is 14.0. The quantitative estimate of drug-likeness (QED) is 0.903. The summed E-state index contributed by atoms with van der Waals surface area (Å²) in [6.45, 7) is 3.06. The molecule has 1 aromatic carbocycles. The molecule has 0 aliphatic carbocycles. The summed E-state index contributed by atoms with van der Waals surface area (Å²) in [4.78, 5) is 1.79. The van der Waals surface area contributed by atoms with E-state index in [1.54, 1.807) is 24.0 Å². The number of benzene rings is 1. The van der Waals surface area contributed by atoms with Gasteiger partial charge in [0.25, 0.3) is 0 Å². The molecule has 1 aliphatic rings. The van der Waals surface area contributed by atoms with Crippen molar-refractivity contribution >= 4 is 15.7 Å². The molecule has 1 unspecified atom stereocenters. The van der Waals surface area contributed by atoms with Gasteiger partial charge in [0, 0.05) is 31.7 Å². The zero-order valence-electron chi connectivity index (χ0n) is 11.6. The fraction of sp³-hybridized carbons (Fsp3) is 0.538. The van der Waals surface area contributed by atoms with E-state index in [0.717, 1.165) is 0 Å². The molecule has 7 heteroatoms. The van der Waals surface area contributed by atoms with Gasteiger partial charge in [-0.2, -0.15) is 4.31 Å². The van der Waals surface area contributed by atoms with Crippen LogP contribution in [0.1, 0.15) is 18.6 Å². The highest BCUT2D eigenvalue weighted by Crippen LogP contribution is 2.30. The molecule has 1 aromatic rings. The average molecular weight is 302 g/mol. The van der Waals surface area contributed by atoms with Crippen molar-refractivity contribution in [2.75, 3.05) is 37.3 Å². The molecular weight excluding hydrogens is 283 g/mol. The van der Waals surface area contributed by atoms with Gasteiger partial charge in [-0.15, -0.1) is 0 Å². The molecule has 20 heavy (non-hydrogen) atoms. The Morgan fingerprint density at radius 1 is 1.25 bits per heavy atom. The Hall–Kier alpha value is -1.18. The Bertz CT molecular complexity index is 581. The second-order valence-electron chi connectivity index (χ2n) is 5.00. The van der Waals surface area contributed by atoms with Crippen molar-refractivity contribution in [1.29, 1.82) is 0 Å². The van der Waals surface area contributed by atoms with Gasteiger partial charge in [-0.05, 0) is 13.0 Å². The van der Waals surface area contributed by atoms with Gasteiger partial charge in [0.05, 0.1) is 18.0 Å². The monoisotopic (exact) mass is 302 g/mol. The largest absolute Gasteiger partial charge is 0.389 e. The molecule has 1 atom stereocenters. The second kappa shape index (κ2) is 5.67. The summed E-state index contributed by atoms with van der Waals surface area (Å²) >= 11 is 0. The highest BCUT2D eigenvalue weighted by Gasteiger charge is 2.26. The van der Waals surface area contributed by atoms with Crippen LogP contribution in [0.3, 0.4) is 0 Å². The van der Waals surface area contributed by atoms with Crippen molar-refractivity contribution in [2.45, 2.75) is 13.0 Å². The van der Waals surface area contributed by atoms with E-state index < -0.39 is 21.9 Å². The van der Waals surface area contributed by atoms with Gasteiger partial charge in [0.2, 0.25) is 10.0 Å². The summed E-state index contributed by atoms with van der Waals surface area (Å²) in [5.74, 6) is -0.392. The first-order chi connectivity index (χ1) is 9.30. The molecule has 1 saturated heterocycles. The third kappa shape index (κ3) is 3.11. The zero-order chi connectivity index (χ0) is 14.9.